The van der Waals surface area contributed by atoms with Crippen molar-refractivity contribution in [2.24, 2.45) is 11.8 Å². The summed E-state index contributed by atoms with van der Waals surface area (Å²) in [5.74, 6) is 0.470. The highest BCUT2D eigenvalue weighted by atomic mass is 16.4. The summed E-state index contributed by atoms with van der Waals surface area (Å²) in [4.78, 5) is 16.3. The van der Waals surface area contributed by atoms with E-state index < -0.39 is 5.91 Å². The van der Waals surface area contributed by atoms with Crippen LogP contribution in [0.3, 0.4) is 0 Å². The van der Waals surface area contributed by atoms with Crippen LogP contribution in [0, 0.1) is 11.8 Å². The van der Waals surface area contributed by atoms with Crippen molar-refractivity contribution < 1.29 is 9.21 Å². The molecule has 1 saturated heterocycles. The van der Waals surface area contributed by atoms with Crippen LogP contribution in [0.2, 0.25) is 0 Å². The van der Waals surface area contributed by atoms with E-state index in [2.05, 4.69) is 39.5 Å². The number of nitrogens with two attached hydrogens (primary N) is 1. The van der Waals surface area contributed by atoms with Crippen molar-refractivity contribution in [2.45, 2.75) is 63.6 Å². The fourth-order valence-electron chi connectivity index (χ4n) is 5.15. The van der Waals surface area contributed by atoms with E-state index in [0.717, 1.165) is 12.8 Å². The first kappa shape index (κ1) is 21.1. The van der Waals surface area contributed by atoms with Gasteiger partial charge in [0.1, 0.15) is 14.1 Å². The molecule has 0 spiro atoms. The molecule has 0 bridgehead atoms. The number of carbonyl (C=O) groups is 1. The third kappa shape index (κ3) is 4.33. The lowest BCUT2D eigenvalue weighted by Gasteiger charge is -2.51. The Balaban J connectivity index is 1.51. The van der Waals surface area contributed by atoms with Crippen molar-refractivity contribution >= 4 is 19.8 Å². The van der Waals surface area contributed by atoms with Gasteiger partial charge in [-0.05, 0) is 37.7 Å². The molecule has 2 radical (unpaired) electrons. The van der Waals surface area contributed by atoms with Crippen molar-refractivity contribution in [3.05, 3.63) is 35.3 Å². The predicted molar refractivity (Wildman–Crippen MR) is 116 cm³/mol. The molecule has 1 aliphatic carbocycles. The third-order valence-electron chi connectivity index (χ3n) is 6.87. The number of carbonyl (C=O) groups excluding carboxylic acids is 1. The highest BCUT2D eigenvalue weighted by Gasteiger charge is 2.44. The number of nitrogen functional groups attached to an aromatic ring is 1. The maximum Gasteiger partial charge on any atom is 0.292 e. The van der Waals surface area contributed by atoms with Crippen LogP contribution in [0.5, 0.6) is 0 Å². The van der Waals surface area contributed by atoms with Crippen molar-refractivity contribution in [2.75, 3.05) is 12.3 Å². The topological polar surface area (TPSA) is 117 Å². The highest BCUT2D eigenvalue weighted by Crippen LogP contribution is 2.41. The van der Waals surface area contributed by atoms with Crippen LogP contribution < -0.4 is 27.2 Å². The van der Waals surface area contributed by atoms with Gasteiger partial charge in [0, 0.05) is 23.7 Å². The average molecular weight is 410 g/mol. The maximum absolute atomic E-state index is 12.5. The minimum atomic E-state index is -0.399. The van der Waals surface area contributed by atoms with E-state index in [9.17, 15) is 4.79 Å². The molecular weight excluding hydrogens is 379 g/mol. The lowest BCUT2D eigenvalue weighted by molar-refractivity contribution is 0.0501. The summed E-state index contributed by atoms with van der Waals surface area (Å²) in [5, 5.41) is 6.33. The first-order valence-electron chi connectivity index (χ1n) is 11.0. The lowest BCUT2D eigenvalue weighted by atomic mass is 9.67. The summed E-state index contributed by atoms with van der Waals surface area (Å²) in [6.45, 7) is 2.84. The number of amides is 1. The van der Waals surface area contributed by atoms with Gasteiger partial charge in [0.2, 0.25) is 0 Å². The summed E-state index contributed by atoms with van der Waals surface area (Å²) in [6.07, 6.45) is 13.8. The first-order valence-corrected chi connectivity index (χ1v) is 11.0. The maximum atomic E-state index is 12.5. The summed E-state index contributed by atoms with van der Waals surface area (Å²) in [5.41, 5.74) is 14.0. The number of allylic oxidation sites excluding steroid dienone is 1. The van der Waals surface area contributed by atoms with Gasteiger partial charge in [-0.3, -0.25) is 10.1 Å². The van der Waals surface area contributed by atoms with E-state index in [0.29, 0.717) is 23.6 Å². The SMILES string of the molecule is [B]C1=CC2CC(CC)(C3CCCCC3)NNC2NCC=C1NC(=O)c1coc(N)n1. The smallest absolute Gasteiger partial charge is 0.292 e. The summed E-state index contributed by atoms with van der Waals surface area (Å²) in [6, 6.07) is -0.0424. The van der Waals surface area contributed by atoms with E-state index in [1.54, 1.807) is 0 Å². The molecule has 160 valence electrons. The van der Waals surface area contributed by atoms with Gasteiger partial charge < -0.3 is 15.5 Å². The Morgan fingerprint density at radius 2 is 2.20 bits per heavy atom. The Morgan fingerprint density at radius 3 is 2.90 bits per heavy atom. The molecule has 8 nitrogen and oxygen atoms in total. The Morgan fingerprint density at radius 1 is 1.40 bits per heavy atom. The molecule has 0 aromatic carbocycles. The Bertz CT molecular complexity index is 831. The normalized spacial score (nSPS) is 30.4. The fraction of sp³-hybridized carbons (Fsp3) is 0.619. The number of fused-ring (bicyclic) bond motifs is 1. The van der Waals surface area contributed by atoms with Crippen LogP contribution in [-0.4, -0.2) is 37.0 Å². The molecule has 6 N–H and O–H groups in total. The zero-order valence-electron chi connectivity index (χ0n) is 17.5. The van der Waals surface area contributed by atoms with Gasteiger partial charge in [-0.2, -0.15) is 4.98 Å². The molecule has 3 atom stereocenters. The molecule has 1 aromatic heterocycles. The molecule has 1 aromatic rings. The molecular formula is C21H31BN6O2. The quantitative estimate of drug-likeness (QED) is 0.480. The molecule has 4 rings (SSSR count). The number of hydrogen-bond acceptors (Lipinski definition) is 7. The number of hydrazine groups is 1. The fourth-order valence-corrected chi connectivity index (χ4v) is 5.15. The van der Waals surface area contributed by atoms with Crippen molar-refractivity contribution in [3.8, 4) is 0 Å². The van der Waals surface area contributed by atoms with E-state index >= 15 is 0 Å². The molecule has 2 aliphatic heterocycles. The van der Waals surface area contributed by atoms with Crippen LogP contribution in [-0.2, 0) is 0 Å². The standard InChI is InChI=1S/C21H31BN6O2/c1-2-21(14-6-4-3-5-7-14)11-13-10-15(22)16(8-9-24-18(13)27-28-21)25-19(29)17-12-30-20(23)26-17/h8,10,12-14,18,24,27-28H,2-7,9,11H2,1H3,(H2,23,26)(H,25,29). The van der Waals surface area contributed by atoms with Crippen LogP contribution in [0.1, 0.15) is 62.4 Å². The number of nitrogens with zero attached hydrogens (tertiary/aromatic N) is 1. The summed E-state index contributed by atoms with van der Waals surface area (Å²) < 4.78 is 4.92. The minimum Gasteiger partial charge on any atom is -0.431 e. The number of oxazole rings is 1. The third-order valence-corrected chi connectivity index (χ3v) is 6.87. The van der Waals surface area contributed by atoms with Crippen LogP contribution >= 0.6 is 0 Å². The van der Waals surface area contributed by atoms with Crippen LogP contribution in [0.25, 0.3) is 0 Å². The van der Waals surface area contributed by atoms with Gasteiger partial charge in [0.15, 0.2) is 5.69 Å². The van der Waals surface area contributed by atoms with E-state index in [1.807, 2.05) is 6.08 Å². The van der Waals surface area contributed by atoms with E-state index in [4.69, 9.17) is 18.0 Å². The van der Waals surface area contributed by atoms with Gasteiger partial charge in [-0.1, -0.05) is 37.7 Å². The first-order chi connectivity index (χ1) is 14.5. The van der Waals surface area contributed by atoms with Gasteiger partial charge in [-0.15, -0.1) is 0 Å². The molecule has 1 saturated carbocycles. The summed E-state index contributed by atoms with van der Waals surface area (Å²) >= 11 is 0. The van der Waals surface area contributed by atoms with Gasteiger partial charge >= 0.3 is 0 Å². The molecule has 3 heterocycles. The lowest BCUT2D eigenvalue weighted by Crippen LogP contribution is -2.69. The van der Waals surface area contributed by atoms with Gasteiger partial charge in [-0.25, -0.2) is 10.9 Å². The van der Waals surface area contributed by atoms with Crippen LogP contribution in [0.15, 0.2) is 34.0 Å². The molecule has 9 heteroatoms. The minimum absolute atomic E-state index is 0.0424. The Kier molecular flexibility index (Phi) is 6.31. The monoisotopic (exact) mass is 410 g/mol. The van der Waals surface area contributed by atoms with E-state index in [-0.39, 0.29) is 29.3 Å². The second-order valence-electron chi connectivity index (χ2n) is 8.63. The molecule has 3 unspecified atom stereocenters. The number of nitrogens with one attached hydrogen (secondary N) is 4. The number of anilines is 1. The van der Waals surface area contributed by atoms with Crippen molar-refractivity contribution in [3.63, 3.8) is 0 Å². The second kappa shape index (κ2) is 8.95. The number of aromatic nitrogens is 1. The number of rotatable bonds is 4. The highest BCUT2D eigenvalue weighted by molar-refractivity contribution is 6.24. The Hall–Kier alpha value is -2.10. The van der Waals surface area contributed by atoms with E-state index in [1.165, 1.54) is 38.4 Å². The van der Waals surface area contributed by atoms with Gasteiger partial charge in [0.25, 0.3) is 11.9 Å². The van der Waals surface area contributed by atoms with Crippen molar-refractivity contribution in [1.82, 2.24) is 26.5 Å². The largest absolute Gasteiger partial charge is 0.431 e. The van der Waals surface area contributed by atoms with Gasteiger partial charge in [0.05, 0.1) is 6.17 Å². The molecule has 2 fully saturated rings. The molecule has 1 amide bonds. The second-order valence-corrected chi connectivity index (χ2v) is 8.63. The Labute approximate surface area is 178 Å². The average Bonchev–Trinajstić information content (AvgIpc) is 3.20. The molecule has 3 aliphatic rings. The zero-order chi connectivity index (χ0) is 21.1. The van der Waals surface area contributed by atoms with Crippen LogP contribution in [0.4, 0.5) is 6.01 Å². The molecule has 30 heavy (non-hydrogen) atoms. The summed E-state index contributed by atoms with van der Waals surface area (Å²) in [7, 11) is 6.43. The number of hydrogen-bond donors (Lipinski definition) is 5. The zero-order valence-corrected chi connectivity index (χ0v) is 17.5. The predicted octanol–water partition coefficient (Wildman–Crippen LogP) is 1.70. The van der Waals surface area contributed by atoms with Crippen molar-refractivity contribution in [1.29, 1.82) is 0 Å².